The molecule has 98 valence electrons. The van der Waals surface area contributed by atoms with Crippen LogP contribution >= 0.6 is 0 Å². The molecule has 2 heterocycles. The van der Waals surface area contributed by atoms with E-state index in [1.165, 1.54) is 5.56 Å². The van der Waals surface area contributed by atoms with Crippen LogP contribution in [0.25, 0.3) is 0 Å². The molecular weight excluding hydrogens is 226 g/mol. The van der Waals surface area contributed by atoms with Gasteiger partial charge in [0.2, 0.25) is 0 Å². The Morgan fingerprint density at radius 1 is 1.39 bits per heavy atom. The van der Waals surface area contributed by atoms with Gasteiger partial charge in [-0.3, -0.25) is 4.68 Å². The van der Waals surface area contributed by atoms with Crippen molar-refractivity contribution in [3.05, 3.63) is 36.2 Å². The Bertz CT molecular complexity index is 483. The Balaban J connectivity index is 1.88. The van der Waals surface area contributed by atoms with Crippen LogP contribution in [0.4, 0.5) is 0 Å². The third kappa shape index (κ3) is 3.43. The summed E-state index contributed by atoms with van der Waals surface area (Å²) in [6, 6.07) is 2.14. The maximum Gasteiger partial charge on any atom is 0.146 e. The summed E-state index contributed by atoms with van der Waals surface area (Å²) >= 11 is 0. The van der Waals surface area contributed by atoms with Crippen LogP contribution < -0.4 is 5.32 Å². The second kappa shape index (κ2) is 5.82. The van der Waals surface area contributed by atoms with Crippen LogP contribution in [0, 0.1) is 5.92 Å². The molecule has 0 spiro atoms. The fourth-order valence-electron chi connectivity index (χ4n) is 1.83. The summed E-state index contributed by atoms with van der Waals surface area (Å²) in [5.74, 6) is 1.65. The molecule has 2 aromatic heterocycles. The molecule has 0 aliphatic heterocycles. The highest BCUT2D eigenvalue weighted by molar-refractivity contribution is 5.10. The zero-order valence-electron chi connectivity index (χ0n) is 11.3. The van der Waals surface area contributed by atoms with E-state index in [0.717, 1.165) is 25.5 Å². The Hall–Kier alpha value is -1.62. The van der Waals surface area contributed by atoms with Crippen molar-refractivity contribution in [2.24, 2.45) is 13.0 Å². The minimum atomic E-state index is 0.686. The van der Waals surface area contributed by atoms with Gasteiger partial charge < -0.3 is 9.88 Å². The average molecular weight is 247 g/mol. The standard InChI is InChI=1S/C13H21N5/c1-11(2)6-14-7-12-4-5-18(8-12)9-13-15-10-16-17(13)3/h4-5,8,10-11,14H,6-7,9H2,1-3H3. The number of nitrogens with zero attached hydrogens (tertiary/aromatic N) is 4. The summed E-state index contributed by atoms with van der Waals surface area (Å²) in [7, 11) is 1.91. The van der Waals surface area contributed by atoms with Crippen LogP contribution in [-0.2, 0) is 20.1 Å². The SMILES string of the molecule is CC(C)CNCc1ccn(Cc2ncnn2C)c1. The quantitative estimate of drug-likeness (QED) is 0.839. The number of nitrogens with one attached hydrogen (secondary N) is 1. The van der Waals surface area contributed by atoms with E-state index in [9.17, 15) is 0 Å². The first-order valence-corrected chi connectivity index (χ1v) is 6.33. The second-order valence-corrected chi connectivity index (χ2v) is 5.02. The predicted octanol–water partition coefficient (Wildman–Crippen LogP) is 1.41. The number of hydrogen-bond donors (Lipinski definition) is 1. The highest BCUT2D eigenvalue weighted by atomic mass is 15.3. The van der Waals surface area contributed by atoms with Gasteiger partial charge in [-0.15, -0.1) is 0 Å². The van der Waals surface area contributed by atoms with Crippen molar-refractivity contribution in [1.29, 1.82) is 0 Å². The van der Waals surface area contributed by atoms with Crippen molar-refractivity contribution in [1.82, 2.24) is 24.6 Å². The molecule has 0 aliphatic rings. The minimum Gasteiger partial charge on any atom is -0.346 e. The third-order valence-electron chi connectivity index (χ3n) is 2.82. The first-order valence-electron chi connectivity index (χ1n) is 6.33. The Morgan fingerprint density at radius 3 is 2.89 bits per heavy atom. The largest absolute Gasteiger partial charge is 0.346 e. The first-order chi connectivity index (χ1) is 8.65. The van der Waals surface area contributed by atoms with Crippen molar-refractivity contribution in [2.75, 3.05) is 6.54 Å². The van der Waals surface area contributed by atoms with Crippen LogP contribution in [0.15, 0.2) is 24.8 Å². The molecule has 0 saturated carbocycles. The van der Waals surface area contributed by atoms with Crippen molar-refractivity contribution < 1.29 is 0 Å². The van der Waals surface area contributed by atoms with Crippen molar-refractivity contribution >= 4 is 0 Å². The smallest absolute Gasteiger partial charge is 0.146 e. The normalized spacial score (nSPS) is 11.3. The molecule has 0 amide bonds. The monoisotopic (exact) mass is 247 g/mol. The van der Waals surface area contributed by atoms with Crippen LogP contribution in [0.3, 0.4) is 0 Å². The topological polar surface area (TPSA) is 47.7 Å². The zero-order valence-corrected chi connectivity index (χ0v) is 11.3. The Kier molecular flexibility index (Phi) is 4.15. The summed E-state index contributed by atoms with van der Waals surface area (Å²) in [4.78, 5) is 4.22. The predicted molar refractivity (Wildman–Crippen MR) is 71.1 cm³/mol. The molecule has 0 unspecified atom stereocenters. The summed E-state index contributed by atoms with van der Waals surface area (Å²) in [5.41, 5.74) is 1.30. The van der Waals surface area contributed by atoms with Crippen molar-refractivity contribution in [3.63, 3.8) is 0 Å². The van der Waals surface area contributed by atoms with Gasteiger partial charge in [0.15, 0.2) is 0 Å². The van der Waals surface area contributed by atoms with Gasteiger partial charge in [-0.05, 0) is 24.1 Å². The molecule has 5 nitrogen and oxygen atoms in total. The van der Waals surface area contributed by atoms with Crippen LogP contribution in [0.1, 0.15) is 25.2 Å². The van der Waals surface area contributed by atoms with Crippen molar-refractivity contribution in [3.8, 4) is 0 Å². The lowest BCUT2D eigenvalue weighted by Gasteiger charge is -2.05. The van der Waals surface area contributed by atoms with Gasteiger partial charge in [0.1, 0.15) is 12.2 Å². The van der Waals surface area contributed by atoms with Crippen LogP contribution in [0.5, 0.6) is 0 Å². The van der Waals surface area contributed by atoms with Gasteiger partial charge >= 0.3 is 0 Å². The summed E-state index contributed by atoms with van der Waals surface area (Å²) in [6.07, 6.45) is 5.83. The van der Waals surface area contributed by atoms with Crippen molar-refractivity contribution in [2.45, 2.75) is 26.9 Å². The van der Waals surface area contributed by atoms with E-state index in [-0.39, 0.29) is 0 Å². The highest BCUT2D eigenvalue weighted by Crippen LogP contribution is 2.04. The molecule has 0 aromatic carbocycles. The minimum absolute atomic E-state index is 0.686. The zero-order chi connectivity index (χ0) is 13.0. The summed E-state index contributed by atoms with van der Waals surface area (Å²) in [6.45, 7) is 7.16. The molecule has 2 aromatic rings. The van der Waals surface area contributed by atoms with Gasteiger partial charge in [0.25, 0.3) is 0 Å². The molecule has 1 N–H and O–H groups in total. The van der Waals surface area contributed by atoms with Crippen LogP contribution in [0.2, 0.25) is 0 Å². The molecule has 2 rings (SSSR count). The Labute approximate surface area is 108 Å². The Morgan fingerprint density at radius 2 is 2.22 bits per heavy atom. The second-order valence-electron chi connectivity index (χ2n) is 5.02. The van der Waals surface area contributed by atoms with Gasteiger partial charge in [0, 0.05) is 26.0 Å². The van der Waals surface area contributed by atoms with Crippen LogP contribution in [-0.4, -0.2) is 25.9 Å². The van der Waals surface area contributed by atoms with E-state index in [1.54, 1.807) is 11.0 Å². The lowest BCUT2D eigenvalue weighted by molar-refractivity contribution is 0.552. The third-order valence-corrected chi connectivity index (χ3v) is 2.82. The maximum atomic E-state index is 4.22. The molecule has 0 aliphatic carbocycles. The molecular formula is C13H21N5. The number of aromatic nitrogens is 4. The number of hydrogen-bond acceptors (Lipinski definition) is 3. The number of aryl methyl sites for hydroxylation is 1. The van der Waals surface area contributed by atoms with E-state index < -0.39 is 0 Å². The molecule has 5 heteroatoms. The van der Waals surface area contributed by atoms with Gasteiger partial charge in [-0.1, -0.05) is 13.8 Å². The maximum absolute atomic E-state index is 4.22. The average Bonchev–Trinajstić information content (AvgIpc) is 2.90. The summed E-state index contributed by atoms with van der Waals surface area (Å²) < 4.78 is 3.94. The van der Waals surface area contributed by atoms with Gasteiger partial charge in [-0.25, -0.2) is 4.98 Å². The van der Waals surface area contributed by atoms with E-state index in [4.69, 9.17) is 0 Å². The molecule has 0 atom stereocenters. The molecule has 0 fully saturated rings. The van der Waals surface area contributed by atoms with Gasteiger partial charge in [-0.2, -0.15) is 5.10 Å². The molecule has 18 heavy (non-hydrogen) atoms. The summed E-state index contributed by atoms with van der Waals surface area (Å²) in [5, 5.41) is 7.51. The lowest BCUT2D eigenvalue weighted by atomic mass is 10.2. The molecule has 0 bridgehead atoms. The van der Waals surface area contributed by atoms with E-state index in [0.29, 0.717) is 5.92 Å². The van der Waals surface area contributed by atoms with E-state index in [1.807, 2.05) is 7.05 Å². The number of rotatable bonds is 6. The fourth-order valence-corrected chi connectivity index (χ4v) is 1.83. The lowest BCUT2D eigenvalue weighted by Crippen LogP contribution is -2.18. The van der Waals surface area contributed by atoms with Gasteiger partial charge in [0.05, 0.1) is 6.54 Å². The highest BCUT2D eigenvalue weighted by Gasteiger charge is 2.02. The fraction of sp³-hybridized carbons (Fsp3) is 0.538. The molecule has 0 radical (unpaired) electrons. The van der Waals surface area contributed by atoms with E-state index >= 15 is 0 Å². The van der Waals surface area contributed by atoms with E-state index in [2.05, 4.69) is 52.3 Å². The first kappa shape index (κ1) is 12.8. The molecule has 0 saturated heterocycles.